The second kappa shape index (κ2) is 9.76. The van der Waals surface area contributed by atoms with Crippen molar-refractivity contribution in [1.82, 2.24) is 19.2 Å². The van der Waals surface area contributed by atoms with E-state index in [9.17, 15) is 23.1 Å². The lowest BCUT2D eigenvalue weighted by Gasteiger charge is -2.39. The minimum atomic E-state index is -3.03. The summed E-state index contributed by atoms with van der Waals surface area (Å²) in [5.41, 5.74) is 5.29. The molecule has 3 aromatic rings. The van der Waals surface area contributed by atoms with Gasteiger partial charge in [-0.2, -0.15) is 0 Å². The molecular weight excluding hydrogens is 445 g/mol. The molecule has 2 atom stereocenters. The smallest absolute Gasteiger partial charge is 0.336 e. The van der Waals surface area contributed by atoms with Crippen LogP contribution in [-0.2, 0) is 6.42 Å². The van der Waals surface area contributed by atoms with E-state index in [1.807, 2.05) is 42.6 Å². The summed E-state index contributed by atoms with van der Waals surface area (Å²) in [5.74, 6) is -1.01. The highest BCUT2D eigenvalue weighted by Crippen LogP contribution is 2.34. The van der Waals surface area contributed by atoms with E-state index in [2.05, 4.69) is 9.88 Å². The molecule has 0 spiro atoms. The van der Waals surface area contributed by atoms with E-state index in [0.29, 0.717) is 18.7 Å². The molecular formula is C25H29F3N4O2. The van der Waals surface area contributed by atoms with Gasteiger partial charge >= 0.3 is 5.97 Å². The lowest BCUT2D eigenvalue weighted by atomic mass is 9.99. The van der Waals surface area contributed by atoms with Crippen molar-refractivity contribution >= 4 is 11.5 Å². The molecule has 1 aliphatic rings. The van der Waals surface area contributed by atoms with Gasteiger partial charge in [0.05, 0.1) is 11.1 Å². The van der Waals surface area contributed by atoms with Gasteiger partial charge in [-0.3, -0.25) is 14.8 Å². The van der Waals surface area contributed by atoms with Crippen molar-refractivity contribution in [1.29, 1.82) is 0 Å². The summed E-state index contributed by atoms with van der Waals surface area (Å²) >= 11 is 0. The Bertz CT molecular complexity index is 1190. The number of piperazine rings is 1. The van der Waals surface area contributed by atoms with E-state index in [0.717, 1.165) is 39.4 Å². The first-order valence-electron chi connectivity index (χ1n) is 11.5. The van der Waals surface area contributed by atoms with Crippen LogP contribution in [0.15, 0.2) is 36.7 Å². The van der Waals surface area contributed by atoms with Gasteiger partial charge in [0.25, 0.3) is 6.43 Å². The highest BCUT2D eigenvalue weighted by molar-refractivity contribution is 5.94. The number of aromatic nitrogens is 2. The van der Waals surface area contributed by atoms with Gasteiger partial charge in [-0.25, -0.2) is 18.0 Å². The SMILES string of the molecule is CCc1cc(-c2ccn3c(C(C)N4CCN(C(F)C(F)F)CC4)c(C)c(C(=O)O)cc23)ccn1. The summed E-state index contributed by atoms with van der Waals surface area (Å²) < 4.78 is 41.3. The predicted molar refractivity (Wildman–Crippen MR) is 124 cm³/mol. The standard InChI is InChI=1S/C25H29F3N4O2/c1-4-18-13-17(5-7-29-18)19-6-8-32-21(19)14-20(25(33)34)15(2)22(32)16(3)30-9-11-31(12-10-30)24(28)23(26)27/h5-8,13-14,16,23-24H,4,9-12H2,1-3H3,(H,33,34). The van der Waals surface area contributed by atoms with E-state index in [-0.39, 0.29) is 24.7 Å². The van der Waals surface area contributed by atoms with Crippen LogP contribution in [0.3, 0.4) is 0 Å². The summed E-state index contributed by atoms with van der Waals surface area (Å²) in [7, 11) is 0. The van der Waals surface area contributed by atoms with Gasteiger partial charge in [0.2, 0.25) is 6.30 Å². The second-order valence-corrected chi connectivity index (χ2v) is 8.70. The molecule has 0 amide bonds. The first kappa shape index (κ1) is 24.2. The minimum Gasteiger partial charge on any atom is -0.478 e. The first-order valence-corrected chi connectivity index (χ1v) is 11.5. The Balaban J connectivity index is 1.74. The Morgan fingerprint density at radius 2 is 1.79 bits per heavy atom. The summed E-state index contributed by atoms with van der Waals surface area (Å²) in [4.78, 5) is 19.7. The lowest BCUT2D eigenvalue weighted by molar-refractivity contribution is -0.0688. The lowest BCUT2D eigenvalue weighted by Crippen LogP contribution is -2.51. The number of aromatic carboxylic acids is 1. The van der Waals surface area contributed by atoms with E-state index in [4.69, 9.17) is 0 Å². The fraction of sp³-hybridized carbons (Fsp3) is 0.440. The van der Waals surface area contributed by atoms with Crippen LogP contribution in [0.25, 0.3) is 16.6 Å². The fourth-order valence-corrected chi connectivity index (χ4v) is 4.89. The summed E-state index contributed by atoms with van der Waals surface area (Å²) in [5, 5.41) is 9.92. The molecule has 1 aliphatic heterocycles. The van der Waals surface area contributed by atoms with E-state index < -0.39 is 18.7 Å². The van der Waals surface area contributed by atoms with Crippen molar-refractivity contribution in [3.05, 3.63) is 59.2 Å². The highest BCUT2D eigenvalue weighted by Gasteiger charge is 2.32. The number of aryl methyl sites for hydroxylation is 1. The Kier molecular flexibility index (Phi) is 6.95. The van der Waals surface area contributed by atoms with Gasteiger partial charge in [-0.1, -0.05) is 6.92 Å². The van der Waals surface area contributed by atoms with Crippen LogP contribution in [0.5, 0.6) is 0 Å². The third kappa shape index (κ3) is 4.42. The van der Waals surface area contributed by atoms with Gasteiger partial charge < -0.3 is 9.51 Å². The maximum atomic E-state index is 13.8. The van der Waals surface area contributed by atoms with Crippen molar-refractivity contribution in [2.75, 3.05) is 26.2 Å². The predicted octanol–water partition coefficient (Wildman–Crippen LogP) is 4.81. The number of pyridine rings is 2. The summed E-state index contributed by atoms with van der Waals surface area (Å²) in [6.45, 7) is 6.98. The van der Waals surface area contributed by atoms with Gasteiger partial charge in [0, 0.05) is 61.6 Å². The zero-order valence-corrected chi connectivity index (χ0v) is 19.5. The maximum absolute atomic E-state index is 13.8. The van der Waals surface area contributed by atoms with Crippen LogP contribution in [0.1, 0.15) is 47.2 Å². The molecule has 1 fully saturated rings. The van der Waals surface area contributed by atoms with Crippen molar-refractivity contribution < 1.29 is 23.1 Å². The van der Waals surface area contributed by atoms with E-state index >= 15 is 0 Å². The molecule has 6 nitrogen and oxygen atoms in total. The average molecular weight is 475 g/mol. The van der Waals surface area contributed by atoms with Crippen molar-refractivity contribution in [2.45, 2.75) is 46.0 Å². The molecule has 9 heteroatoms. The molecule has 182 valence electrons. The largest absolute Gasteiger partial charge is 0.478 e. The molecule has 3 aromatic heterocycles. The molecule has 1 saturated heterocycles. The Morgan fingerprint density at radius 3 is 2.41 bits per heavy atom. The van der Waals surface area contributed by atoms with Crippen molar-refractivity contribution in [2.24, 2.45) is 0 Å². The molecule has 0 radical (unpaired) electrons. The van der Waals surface area contributed by atoms with Crippen LogP contribution < -0.4 is 0 Å². The van der Waals surface area contributed by atoms with Crippen LogP contribution in [0.2, 0.25) is 0 Å². The van der Waals surface area contributed by atoms with Crippen LogP contribution in [0, 0.1) is 6.92 Å². The van der Waals surface area contributed by atoms with E-state index in [1.165, 1.54) is 0 Å². The fourth-order valence-electron chi connectivity index (χ4n) is 4.89. The summed E-state index contributed by atoms with van der Waals surface area (Å²) in [6.07, 6.45) is -0.811. The number of carboxylic acid groups (broad SMARTS) is 1. The molecule has 0 saturated carbocycles. The van der Waals surface area contributed by atoms with Gasteiger partial charge in [0.1, 0.15) is 0 Å². The van der Waals surface area contributed by atoms with Crippen LogP contribution in [0.4, 0.5) is 13.2 Å². The number of carboxylic acids is 1. The van der Waals surface area contributed by atoms with Gasteiger partial charge in [-0.05, 0) is 55.7 Å². The maximum Gasteiger partial charge on any atom is 0.336 e. The quantitative estimate of drug-likeness (QED) is 0.498. The number of nitrogens with zero attached hydrogens (tertiary/aromatic N) is 4. The van der Waals surface area contributed by atoms with Crippen molar-refractivity contribution in [3.63, 3.8) is 0 Å². The molecule has 0 bridgehead atoms. The molecule has 1 N–H and O–H groups in total. The number of alkyl halides is 3. The second-order valence-electron chi connectivity index (χ2n) is 8.70. The number of fused-ring (bicyclic) bond motifs is 1. The number of hydrogen-bond acceptors (Lipinski definition) is 4. The third-order valence-electron chi connectivity index (χ3n) is 6.82. The molecule has 4 heterocycles. The topological polar surface area (TPSA) is 61.1 Å². The van der Waals surface area contributed by atoms with Gasteiger partial charge in [-0.15, -0.1) is 0 Å². The average Bonchev–Trinajstić information content (AvgIpc) is 3.26. The zero-order valence-electron chi connectivity index (χ0n) is 19.5. The first-order chi connectivity index (χ1) is 16.2. The van der Waals surface area contributed by atoms with Crippen LogP contribution >= 0.6 is 0 Å². The third-order valence-corrected chi connectivity index (χ3v) is 6.82. The summed E-state index contributed by atoms with van der Waals surface area (Å²) in [6, 6.07) is 7.39. The Hall–Kier alpha value is -2.91. The molecule has 0 aromatic carbocycles. The molecule has 0 aliphatic carbocycles. The Morgan fingerprint density at radius 1 is 1.12 bits per heavy atom. The molecule has 2 unspecified atom stereocenters. The minimum absolute atomic E-state index is 0.185. The molecule has 4 rings (SSSR count). The Labute approximate surface area is 196 Å². The van der Waals surface area contributed by atoms with Gasteiger partial charge in [0.15, 0.2) is 0 Å². The molecule has 34 heavy (non-hydrogen) atoms. The normalized spacial score (nSPS) is 17.4. The monoisotopic (exact) mass is 474 g/mol. The van der Waals surface area contributed by atoms with E-state index in [1.54, 1.807) is 19.2 Å². The number of halogens is 3. The number of carbonyl (C=O) groups is 1. The van der Waals surface area contributed by atoms with Crippen molar-refractivity contribution in [3.8, 4) is 11.1 Å². The van der Waals surface area contributed by atoms with Crippen LogP contribution in [-0.4, -0.2) is 69.2 Å². The number of rotatable bonds is 7. The number of hydrogen-bond donors (Lipinski definition) is 1. The highest BCUT2D eigenvalue weighted by atomic mass is 19.3. The zero-order chi connectivity index (χ0) is 24.6.